The van der Waals surface area contributed by atoms with Crippen LogP contribution in [-0.4, -0.2) is 19.7 Å². The van der Waals surface area contributed by atoms with Crippen LogP contribution in [0.2, 0.25) is 0 Å². The average molecular weight is 325 g/mol. The van der Waals surface area contributed by atoms with Gasteiger partial charge in [-0.3, -0.25) is 5.01 Å². The Morgan fingerprint density at radius 2 is 2.04 bits per heavy atom. The fourth-order valence-corrected chi connectivity index (χ4v) is 2.00. The van der Waals surface area contributed by atoms with Crippen molar-refractivity contribution in [3.63, 3.8) is 0 Å². The van der Waals surface area contributed by atoms with E-state index >= 15 is 0 Å². The molecule has 0 aliphatic carbocycles. The van der Waals surface area contributed by atoms with E-state index in [1.165, 1.54) is 25.3 Å². The summed E-state index contributed by atoms with van der Waals surface area (Å²) in [4.78, 5) is 11.9. The van der Waals surface area contributed by atoms with Crippen LogP contribution < -0.4 is 21.3 Å². The number of nitrogens with two attached hydrogens (primary N) is 2. The summed E-state index contributed by atoms with van der Waals surface area (Å²) in [5.41, 5.74) is 6.11. The van der Waals surface area contributed by atoms with Crippen LogP contribution in [0.25, 0.3) is 0 Å². The largest absolute Gasteiger partial charge is 0.497 e. The summed E-state index contributed by atoms with van der Waals surface area (Å²) in [5.74, 6) is 5.40. The number of rotatable bonds is 7. The van der Waals surface area contributed by atoms with Gasteiger partial charge in [0.1, 0.15) is 17.3 Å². The highest BCUT2D eigenvalue weighted by Crippen LogP contribution is 2.28. The molecule has 6 nitrogen and oxygen atoms in total. The number of carbonyl (C=O) groups excluding carboxylic acids is 1. The SMILES string of the molecule is CCOC(=O)/C(N)=C(\CC(C)C)N(N)c1cc(OC)ccc1F. The van der Waals surface area contributed by atoms with Crippen molar-refractivity contribution in [1.29, 1.82) is 0 Å². The molecular weight excluding hydrogens is 301 g/mol. The number of anilines is 1. The maximum Gasteiger partial charge on any atom is 0.356 e. The van der Waals surface area contributed by atoms with Gasteiger partial charge in [0.05, 0.1) is 25.1 Å². The van der Waals surface area contributed by atoms with Crippen molar-refractivity contribution in [3.05, 3.63) is 35.4 Å². The fourth-order valence-electron chi connectivity index (χ4n) is 2.00. The molecule has 0 fully saturated rings. The third kappa shape index (κ3) is 4.85. The Labute approximate surface area is 135 Å². The van der Waals surface area contributed by atoms with Crippen molar-refractivity contribution in [2.24, 2.45) is 17.5 Å². The van der Waals surface area contributed by atoms with Crippen molar-refractivity contribution in [2.45, 2.75) is 27.2 Å². The molecule has 0 aliphatic heterocycles. The zero-order valence-electron chi connectivity index (χ0n) is 13.9. The van der Waals surface area contributed by atoms with Crippen molar-refractivity contribution in [2.75, 3.05) is 18.7 Å². The molecule has 0 unspecified atom stereocenters. The first-order chi connectivity index (χ1) is 10.8. The maximum atomic E-state index is 14.1. The zero-order chi connectivity index (χ0) is 17.6. The molecule has 7 heteroatoms. The Morgan fingerprint density at radius 3 is 2.57 bits per heavy atom. The molecule has 0 bridgehead atoms. The molecule has 23 heavy (non-hydrogen) atoms. The number of ether oxygens (including phenoxy) is 2. The summed E-state index contributed by atoms with van der Waals surface area (Å²) in [5, 5.41) is 1.07. The van der Waals surface area contributed by atoms with Crippen molar-refractivity contribution in [3.8, 4) is 5.75 Å². The Kier molecular flexibility index (Phi) is 6.84. The van der Waals surface area contributed by atoms with Gasteiger partial charge in [-0.1, -0.05) is 13.8 Å². The molecule has 0 saturated heterocycles. The van der Waals surface area contributed by atoms with Gasteiger partial charge in [-0.2, -0.15) is 0 Å². The molecule has 4 N–H and O–H groups in total. The van der Waals surface area contributed by atoms with Gasteiger partial charge in [-0.25, -0.2) is 15.0 Å². The van der Waals surface area contributed by atoms with E-state index in [2.05, 4.69) is 0 Å². The topological polar surface area (TPSA) is 90.8 Å². The lowest BCUT2D eigenvalue weighted by Crippen LogP contribution is -2.35. The number of esters is 1. The quantitative estimate of drug-likeness (QED) is 0.346. The number of halogens is 1. The molecule has 1 rings (SSSR count). The van der Waals surface area contributed by atoms with E-state index in [4.69, 9.17) is 21.1 Å². The van der Waals surface area contributed by atoms with Crippen LogP contribution in [0, 0.1) is 11.7 Å². The van der Waals surface area contributed by atoms with Gasteiger partial charge in [0.15, 0.2) is 0 Å². The third-order valence-electron chi connectivity index (χ3n) is 3.11. The first kappa shape index (κ1) is 18.8. The average Bonchev–Trinajstić information content (AvgIpc) is 2.51. The number of benzene rings is 1. The number of hydrogen-bond acceptors (Lipinski definition) is 6. The first-order valence-electron chi connectivity index (χ1n) is 7.35. The minimum Gasteiger partial charge on any atom is -0.497 e. The Hall–Kier alpha value is -2.28. The van der Waals surface area contributed by atoms with Gasteiger partial charge in [0.25, 0.3) is 0 Å². The zero-order valence-corrected chi connectivity index (χ0v) is 13.9. The van der Waals surface area contributed by atoms with Crippen LogP contribution >= 0.6 is 0 Å². The molecule has 0 saturated carbocycles. The van der Waals surface area contributed by atoms with Crippen LogP contribution in [0.3, 0.4) is 0 Å². The second-order valence-electron chi connectivity index (χ2n) is 5.37. The van der Waals surface area contributed by atoms with E-state index in [1.807, 2.05) is 13.8 Å². The number of hydrogen-bond donors (Lipinski definition) is 2. The smallest absolute Gasteiger partial charge is 0.356 e. The number of nitrogens with zero attached hydrogens (tertiary/aromatic N) is 1. The monoisotopic (exact) mass is 325 g/mol. The van der Waals surface area contributed by atoms with Gasteiger partial charge in [0, 0.05) is 6.07 Å². The van der Waals surface area contributed by atoms with Gasteiger partial charge in [-0.15, -0.1) is 0 Å². The van der Waals surface area contributed by atoms with E-state index in [9.17, 15) is 9.18 Å². The summed E-state index contributed by atoms with van der Waals surface area (Å²) in [6.07, 6.45) is 0.387. The minimum atomic E-state index is -0.679. The lowest BCUT2D eigenvalue weighted by atomic mass is 10.1. The summed E-state index contributed by atoms with van der Waals surface area (Å²) in [6, 6.07) is 4.16. The van der Waals surface area contributed by atoms with Crippen molar-refractivity contribution < 1.29 is 18.7 Å². The highest BCUT2D eigenvalue weighted by molar-refractivity contribution is 5.89. The number of allylic oxidation sites excluding steroid dienone is 1. The van der Waals surface area contributed by atoms with Crippen LogP contribution in [0.1, 0.15) is 27.2 Å². The van der Waals surface area contributed by atoms with Crippen LogP contribution in [0.15, 0.2) is 29.6 Å². The standard InChI is InChI=1S/C16H24FN3O3/c1-5-23-16(21)15(18)14(8-10(2)3)20(19)13-9-11(22-4)6-7-12(13)17/h6-7,9-10H,5,8,18-19H2,1-4H3/b15-14-. The Bertz CT molecular complexity index is 588. The lowest BCUT2D eigenvalue weighted by molar-refractivity contribution is -0.138. The molecule has 0 aromatic heterocycles. The van der Waals surface area contributed by atoms with Crippen LogP contribution in [0.4, 0.5) is 10.1 Å². The molecule has 0 heterocycles. The normalized spacial score (nSPS) is 12.0. The summed E-state index contributed by atoms with van der Waals surface area (Å²) in [7, 11) is 1.47. The molecule has 0 aliphatic rings. The molecule has 0 radical (unpaired) electrons. The second kappa shape index (κ2) is 8.38. The number of carbonyl (C=O) groups is 1. The van der Waals surface area contributed by atoms with Gasteiger partial charge in [-0.05, 0) is 31.4 Å². The van der Waals surface area contributed by atoms with Gasteiger partial charge in [0.2, 0.25) is 0 Å². The van der Waals surface area contributed by atoms with Gasteiger partial charge < -0.3 is 15.2 Å². The molecule has 0 amide bonds. The highest BCUT2D eigenvalue weighted by Gasteiger charge is 2.21. The predicted molar refractivity (Wildman–Crippen MR) is 86.9 cm³/mol. The van der Waals surface area contributed by atoms with Crippen LogP contribution in [-0.2, 0) is 9.53 Å². The molecule has 0 spiro atoms. The third-order valence-corrected chi connectivity index (χ3v) is 3.11. The fraction of sp³-hybridized carbons (Fsp3) is 0.438. The summed E-state index contributed by atoms with van der Waals surface area (Å²) in [6.45, 7) is 5.74. The van der Waals surface area contributed by atoms with E-state index in [0.29, 0.717) is 17.9 Å². The second-order valence-corrected chi connectivity index (χ2v) is 5.37. The van der Waals surface area contributed by atoms with Crippen LogP contribution in [0.5, 0.6) is 5.75 Å². The predicted octanol–water partition coefficient (Wildman–Crippen LogP) is 2.29. The van der Waals surface area contributed by atoms with E-state index in [-0.39, 0.29) is 23.9 Å². The molecule has 1 aromatic rings. The lowest BCUT2D eigenvalue weighted by Gasteiger charge is -2.25. The molecular formula is C16H24FN3O3. The molecule has 0 atom stereocenters. The molecule has 128 valence electrons. The Morgan fingerprint density at radius 1 is 1.39 bits per heavy atom. The highest BCUT2D eigenvalue weighted by atomic mass is 19.1. The Balaban J connectivity index is 3.31. The van der Waals surface area contributed by atoms with E-state index < -0.39 is 11.8 Å². The number of hydrazine groups is 1. The molecule has 1 aromatic carbocycles. The summed E-state index contributed by atoms with van der Waals surface area (Å²) >= 11 is 0. The van der Waals surface area contributed by atoms with Gasteiger partial charge >= 0.3 is 5.97 Å². The minimum absolute atomic E-state index is 0.0623. The van der Waals surface area contributed by atoms with E-state index in [1.54, 1.807) is 6.92 Å². The van der Waals surface area contributed by atoms with Crippen molar-refractivity contribution >= 4 is 11.7 Å². The maximum absolute atomic E-state index is 14.1. The summed E-state index contributed by atoms with van der Waals surface area (Å²) < 4.78 is 24.1. The van der Waals surface area contributed by atoms with E-state index in [0.717, 1.165) is 5.01 Å². The first-order valence-corrected chi connectivity index (χ1v) is 7.35. The number of methoxy groups -OCH3 is 1. The van der Waals surface area contributed by atoms with Crippen molar-refractivity contribution in [1.82, 2.24) is 0 Å².